The van der Waals surface area contributed by atoms with Gasteiger partial charge in [-0.15, -0.1) is 0 Å². The zero-order valence-corrected chi connectivity index (χ0v) is 13.3. The van der Waals surface area contributed by atoms with Gasteiger partial charge in [0.2, 0.25) is 0 Å². The van der Waals surface area contributed by atoms with Crippen LogP contribution in [0, 0.1) is 5.82 Å². The van der Waals surface area contributed by atoms with E-state index in [4.69, 9.17) is 0 Å². The van der Waals surface area contributed by atoms with Gasteiger partial charge in [0.15, 0.2) is 0 Å². The highest BCUT2D eigenvalue weighted by molar-refractivity contribution is 5.94. The van der Waals surface area contributed by atoms with Crippen LogP contribution in [-0.2, 0) is 6.54 Å². The second-order valence-electron chi connectivity index (χ2n) is 5.41. The number of amides is 1. The Morgan fingerprint density at radius 3 is 2.70 bits per heavy atom. The number of rotatable bonds is 8. The number of carbonyl (C=O) groups is 1. The van der Waals surface area contributed by atoms with E-state index in [0.29, 0.717) is 18.7 Å². The number of carbonyl (C=O) groups excluding carboxylic acids is 1. The molecule has 2 N–H and O–H groups in total. The lowest BCUT2D eigenvalue weighted by Crippen LogP contribution is -2.24. The predicted octanol–water partition coefficient (Wildman–Crippen LogP) is 3.75. The lowest BCUT2D eigenvalue weighted by molar-refractivity contribution is 0.0952. The van der Waals surface area contributed by atoms with Crippen molar-refractivity contribution in [1.82, 2.24) is 10.3 Å². The minimum absolute atomic E-state index is 0.112. The predicted molar refractivity (Wildman–Crippen MR) is 89.8 cm³/mol. The first-order valence-electron chi connectivity index (χ1n) is 7.90. The lowest BCUT2D eigenvalue weighted by atomic mass is 10.2. The zero-order valence-electron chi connectivity index (χ0n) is 13.3. The summed E-state index contributed by atoms with van der Waals surface area (Å²) in [5.41, 5.74) is 2.25. The highest BCUT2D eigenvalue weighted by Gasteiger charge is 2.06. The quantitative estimate of drug-likeness (QED) is 0.729. The summed E-state index contributed by atoms with van der Waals surface area (Å²) in [5, 5.41) is 6.08. The van der Waals surface area contributed by atoms with Crippen LogP contribution in [0.1, 0.15) is 42.1 Å². The summed E-state index contributed by atoms with van der Waals surface area (Å²) in [6.45, 7) is 3.35. The Morgan fingerprint density at radius 2 is 1.96 bits per heavy atom. The first-order valence-corrected chi connectivity index (χ1v) is 7.90. The van der Waals surface area contributed by atoms with Crippen molar-refractivity contribution in [3.63, 3.8) is 0 Å². The summed E-state index contributed by atoms with van der Waals surface area (Å²) in [6.07, 6.45) is 6.44. The molecule has 0 unspecified atom stereocenters. The summed E-state index contributed by atoms with van der Waals surface area (Å²) in [4.78, 5) is 16.1. The first-order chi connectivity index (χ1) is 11.2. The molecule has 0 aliphatic rings. The minimum Gasteiger partial charge on any atom is -0.380 e. The minimum atomic E-state index is -0.253. The molecule has 0 fully saturated rings. The number of anilines is 1. The van der Waals surface area contributed by atoms with E-state index < -0.39 is 0 Å². The molecule has 23 heavy (non-hydrogen) atoms. The number of nitrogens with zero attached hydrogens (tertiary/aromatic N) is 1. The fourth-order valence-corrected chi connectivity index (χ4v) is 2.15. The average Bonchev–Trinajstić information content (AvgIpc) is 2.58. The molecule has 1 aromatic heterocycles. The second-order valence-corrected chi connectivity index (χ2v) is 5.41. The molecule has 0 atom stereocenters. The molecule has 0 saturated carbocycles. The van der Waals surface area contributed by atoms with Crippen LogP contribution in [0.4, 0.5) is 10.1 Å². The van der Waals surface area contributed by atoms with Gasteiger partial charge in [0, 0.05) is 25.5 Å². The maximum Gasteiger partial charge on any atom is 0.252 e. The first kappa shape index (κ1) is 16.9. The monoisotopic (exact) mass is 315 g/mol. The summed E-state index contributed by atoms with van der Waals surface area (Å²) in [6, 6.07) is 8.07. The number of hydrogen-bond donors (Lipinski definition) is 2. The van der Waals surface area contributed by atoms with Crippen LogP contribution in [0.5, 0.6) is 0 Å². The van der Waals surface area contributed by atoms with Gasteiger partial charge in [-0.05, 0) is 30.2 Å². The summed E-state index contributed by atoms with van der Waals surface area (Å²) >= 11 is 0. The van der Waals surface area contributed by atoms with Gasteiger partial charge < -0.3 is 10.6 Å². The van der Waals surface area contributed by atoms with E-state index in [2.05, 4.69) is 22.5 Å². The number of benzene rings is 1. The summed E-state index contributed by atoms with van der Waals surface area (Å²) < 4.78 is 12.9. The molecule has 0 aliphatic carbocycles. The lowest BCUT2D eigenvalue weighted by Gasteiger charge is -2.09. The Kier molecular flexibility index (Phi) is 6.54. The zero-order chi connectivity index (χ0) is 16.5. The Morgan fingerprint density at radius 1 is 1.17 bits per heavy atom. The third-order valence-electron chi connectivity index (χ3n) is 3.48. The molecule has 0 radical (unpaired) electrons. The normalized spacial score (nSPS) is 10.3. The number of pyridine rings is 1. The molecule has 1 heterocycles. The number of aromatic nitrogens is 1. The van der Waals surface area contributed by atoms with Gasteiger partial charge in [0.1, 0.15) is 5.82 Å². The molecule has 5 heteroatoms. The van der Waals surface area contributed by atoms with Crippen molar-refractivity contribution in [2.45, 2.75) is 32.7 Å². The molecular weight excluding hydrogens is 293 g/mol. The molecule has 2 aromatic rings. The highest BCUT2D eigenvalue weighted by atomic mass is 19.1. The van der Waals surface area contributed by atoms with E-state index in [9.17, 15) is 9.18 Å². The van der Waals surface area contributed by atoms with E-state index in [1.165, 1.54) is 12.1 Å². The summed E-state index contributed by atoms with van der Waals surface area (Å²) in [5.74, 6) is -0.365. The van der Waals surface area contributed by atoms with Crippen LogP contribution < -0.4 is 10.6 Å². The molecular formula is C18H22FN3O. The second kappa shape index (κ2) is 8.88. The molecule has 0 spiro atoms. The van der Waals surface area contributed by atoms with E-state index in [1.807, 2.05) is 0 Å². The van der Waals surface area contributed by atoms with Crippen LogP contribution in [0.3, 0.4) is 0 Å². The van der Waals surface area contributed by atoms with Crippen molar-refractivity contribution in [3.05, 3.63) is 59.7 Å². The van der Waals surface area contributed by atoms with Crippen molar-refractivity contribution in [3.8, 4) is 0 Å². The van der Waals surface area contributed by atoms with Crippen LogP contribution in [0.2, 0.25) is 0 Å². The van der Waals surface area contributed by atoms with Crippen LogP contribution >= 0.6 is 0 Å². The maximum atomic E-state index is 12.9. The van der Waals surface area contributed by atoms with Crippen LogP contribution in [0.25, 0.3) is 0 Å². The largest absolute Gasteiger partial charge is 0.380 e. The van der Waals surface area contributed by atoms with E-state index in [-0.39, 0.29) is 11.7 Å². The third-order valence-corrected chi connectivity index (χ3v) is 3.48. The number of hydrogen-bond acceptors (Lipinski definition) is 3. The molecule has 1 amide bonds. The van der Waals surface area contributed by atoms with Crippen molar-refractivity contribution in [1.29, 1.82) is 0 Å². The van der Waals surface area contributed by atoms with Gasteiger partial charge in [0.05, 0.1) is 11.3 Å². The standard InChI is InChI=1S/C18H22FN3O/c1-2-3-4-9-21-18(23)15-10-17(13-20-12-15)22-11-14-5-7-16(19)8-6-14/h5-8,10,12-13,22H,2-4,9,11H2,1H3,(H,21,23). The smallest absolute Gasteiger partial charge is 0.252 e. The Bertz CT molecular complexity index is 628. The van der Waals surface area contributed by atoms with Crippen molar-refractivity contribution >= 4 is 11.6 Å². The molecule has 2 rings (SSSR count). The fraction of sp³-hybridized carbons (Fsp3) is 0.333. The van der Waals surface area contributed by atoms with Crippen LogP contribution in [0.15, 0.2) is 42.7 Å². The highest BCUT2D eigenvalue weighted by Crippen LogP contribution is 2.11. The summed E-state index contributed by atoms with van der Waals surface area (Å²) in [7, 11) is 0. The van der Waals surface area contributed by atoms with Gasteiger partial charge in [-0.3, -0.25) is 9.78 Å². The average molecular weight is 315 g/mol. The Hall–Kier alpha value is -2.43. The number of unbranched alkanes of at least 4 members (excludes halogenated alkanes) is 2. The third kappa shape index (κ3) is 5.70. The molecule has 122 valence electrons. The van der Waals surface area contributed by atoms with Gasteiger partial charge in [-0.2, -0.15) is 0 Å². The van der Waals surface area contributed by atoms with Gasteiger partial charge in [-0.25, -0.2) is 4.39 Å². The van der Waals surface area contributed by atoms with Crippen molar-refractivity contribution in [2.24, 2.45) is 0 Å². The van der Waals surface area contributed by atoms with Crippen molar-refractivity contribution in [2.75, 3.05) is 11.9 Å². The van der Waals surface area contributed by atoms with Crippen LogP contribution in [-0.4, -0.2) is 17.4 Å². The van der Waals surface area contributed by atoms with Crippen molar-refractivity contribution < 1.29 is 9.18 Å². The van der Waals surface area contributed by atoms with E-state index >= 15 is 0 Å². The molecule has 0 bridgehead atoms. The molecule has 0 aliphatic heterocycles. The molecule has 1 aromatic carbocycles. The number of halogens is 1. The molecule has 0 saturated heterocycles. The topological polar surface area (TPSA) is 54.0 Å². The maximum absolute atomic E-state index is 12.9. The van der Waals surface area contributed by atoms with Gasteiger partial charge in [0.25, 0.3) is 5.91 Å². The Labute approximate surface area is 136 Å². The van der Waals surface area contributed by atoms with Gasteiger partial charge >= 0.3 is 0 Å². The van der Waals surface area contributed by atoms with E-state index in [1.54, 1.807) is 30.6 Å². The van der Waals surface area contributed by atoms with E-state index in [0.717, 1.165) is 30.5 Å². The SMILES string of the molecule is CCCCCNC(=O)c1cncc(NCc2ccc(F)cc2)c1. The van der Waals surface area contributed by atoms with Gasteiger partial charge in [-0.1, -0.05) is 31.9 Å². The fourth-order valence-electron chi connectivity index (χ4n) is 2.15. The Balaban J connectivity index is 1.88. The molecule has 4 nitrogen and oxygen atoms in total. The number of nitrogens with one attached hydrogen (secondary N) is 2.